The van der Waals surface area contributed by atoms with E-state index in [1.807, 2.05) is 54.6 Å². The zero-order valence-electron chi connectivity index (χ0n) is 17.4. The van der Waals surface area contributed by atoms with Crippen molar-refractivity contribution in [1.29, 1.82) is 0 Å². The van der Waals surface area contributed by atoms with Crippen molar-refractivity contribution in [3.8, 4) is 11.1 Å². The van der Waals surface area contributed by atoms with E-state index in [1.165, 1.54) is 0 Å². The first-order valence-corrected chi connectivity index (χ1v) is 9.85. The minimum atomic E-state index is -1.21. The van der Waals surface area contributed by atoms with Gasteiger partial charge in [-0.25, -0.2) is 4.79 Å². The van der Waals surface area contributed by atoms with Crippen molar-refractivity contribution in [2.24, 2.45) is 11.1 Å². The van der Waals surface area contributed by atoms with Crippen molar-refractivity contribution < 1.29 is 28.9 Å². The van der Waals surface area contributed by atoms with Crippen LogP contribution >= 0.6 is 0 Å². The fourth-order valence-electron chi connectivity index (χ4n) is 3.09. The third-order valence-electron chi connectivity index (χ3n) is 4.74. The lowest BCUT2D eigenvalue weighted by Gasteiger charge is -2.28. The highest BCUT2D eigenvalue weighted by atomic mass is 16.8. The molecule has 2 aromatic carbocycles. The predicted octanol–water partition coefficient (Wildman–Crippen LogP) is 3.29. The van der Waals surface area contributed by atoms with E-state index in [2.05, 4.69) is 9.47 Å². The fraction of sp³-hybridized carbons (Fsp3) is 0.391. The van der Waals surface area contributed by atoms with Crippen LogP contribution in [0.25, 0.3) is 11.1 Å². The van der Waals surface area contributed by atoms with E-state index in [9.17, 15) is 14.7 Å². The quantitative estimate of drug-likeness (QED) is 0.453. The Morgan fingerprint density at radius 3 is 2.23 bits per heavy atom. The normalized spacial score (nSPS) is 13.7. The van der Waals surface area contributed by atoms with Crippen LogP contribution in [0.5, 0.6) is 0 Å². The van der Waals surface area contributed by atoms with Crippen molar-refractivity contribution in [2.45, 2.75) is 32.7 Å². The van der Waals surface area contributed by atoms with Gasteiger partial charge in [0, 0.05) is 6.04 Å². The number of hydrogen-bond donors (Lipinski definition) is 2. The van der Waals surface area contributed by atoms with E-state index in [0.29, 0.717) is 6.42 Å². The molecule has 2 rings (SSSR count). The standard InChI is InChI=1S/C23H29NO6/c1-3-28-22(27)30-16-29-21(26)23(2,15-25)14-20(24)13-17-9-11-19(12-10-17)18-7-5-4-6-8-18/h4-12,20,25H,3,13-16,24H2,1-2H3. The Bertz CT molecular complexity index is 808. The van der Waals surface area contributed by atoms with Crippen LogP contribution in [0.2, 0.25) is 0 Å². The molecule has 0 saturated carbocycles. The molecular weight excluding hydrogens is 386 g/mol. The molecule has 0 heterocycles. The van der Waals surface area contributed by atoms with Crippen LogP contribution in [-0.4, -0.2) is 43.3 Å². The summed E-state index contributed by atoms with van der Waals surface area (Å²) in [5, 5.41) is 9.74. The highest BCUT2D eigenvalue weighted by Gasteiger charge is 2.36. The van der Waals surface area contributed by atoms with Crippen LogP contribution in [0.1, 0.15) is 25.8 Å². The summed E-state index contributed by atoms with van der Waals surface area (Å²) in [6, 6.07) is 17.8. The van der Waals surface area contributed by atoms with Gasteiger partial charge < -0.3 is 25.1 Å². The molecule has 0 bridgehead atoms. The van der Waals surface area contributed by atoms with E-state index < -0.39 is 30.9 Å². The Labute approximate surface area is 176 Å². The number of aliphatic hydroxyl groups is 1. The number of benzene rings is 2. The van der Waals surface area contributed by atoms with E-state index >= 15 is 0 Å². The summed E-state index contributed by atoms with van der Waals surface area (Å²) in [4.78, 5) is 23.5. The Morgan fingerprint density at radius 1 is 1.00 bits per heavy atom. The molecule has 0 amide bonds. The molecule has 7 nitrogen and oxygen atoms in total. The number of rotatable bonds is 10. The molecule has 3 N–H and O–H groups in total. The van der Waals surface area contributed by atoms with Crippen LogP contribution < -0.4 is 5.73 Å². The number of nitrogens with two attached hydrogens (primary N) is 1. The minimum absolute atomic E-state index is 0.155. The van der Waals surface area contributed by atoms with Crippen LogP contribution in [0.3, 0.4) is 0 Å². The molecule has 30 heavy (non-hydrogen) atoms. The average molecular weight is 415 g/mol. The van der Waals surface area contributed by atoms with Gasteiger partial charge in [-0.15, -0.1) is 0 Å². The summed E-state index contributed by atoms with van der Waals surface area (Å²) < 4.78 is 14.2. The van der Waals surface area contributed by atoms with Gasteiger partial charge in [-0.1, -0.05) is 54.6 Å². The maximum absolute atomic E-state index is 12.4. The first-order valence-electron chi connectivity index (χ1n) is 9.85. The average Bonchev–Trinajstić information content (AvgIpc) is 2.74. The number of aliphatic hydroxyl groups excluding tert-OH is 1. The van der Waals surface area contributed by atoms with Crippen molar-refractivity contribution >= 4 is 12.1 Å². The van der Waals surface area contributed by atoms with Crippen molar-refractivity contribution in [2.75, 3.05) is 20.0 Å². The highest BCUT2D eigenvalue weighted by Crippen LogP contribution is 2.26. The molecule has 2 aromatic rings. The molecule has 0 aliphatic heterocycles. The summed E-state index contributed by atoms with van der Waals surface area (Å²) in [6.45, 7) is 2.34. The number of esters is 1. The highest BCUT2D eigenvalue weighted by molar-refractivity contribution is 5.76. The van der Waals surface area contributed by atoms with Gasteiger partial charge in [0.15, 0.2) is 0 Å². The third-order valence-corrected chi connectivity index (χ3v) is 4.74. The fourth-order valence-corrected chi connectivity index (χ4v) is 3.09. The monoisotopic (exact) mass is 415 g/mol. The second-order valence-electron chi connectivity index (χ2n) is 7.33. The van der Waals surface area contributed by atoms with Crippen molar-refractivity contribution in [3.05, 3.63) is 60.2 Å². The molecule has 0 aromatic heterocycles. The summed E-state index contributed by atoms with van der Waals surface area (Å²) >= 11 is 0. The maximum atomic E-state index is 12.4. The Hall–Kier alpha value is -2.90. The van der Waals surface area contributed by atoms with Crippen LogP contribution in [0.15, 0.2) is 54.6 Å². The smallest absolute Gasteiger partial charge is 0.435 e. The van der Waals surface area contributed by atoms with Gasteiger partial charge in [0.25, 0.3) is 0 Å². The van der Waals surface area contributed by atoms with E-state index in [4.69, 9.17) is 10.5 Å². The predicted molar refractivity (Wildman–Crippen MR) is 112 cm³/mol. The second kappa shape index (κ2) is 11.3. The van der Waals surface area contributed by atoms with Crippen molar-refractivity contribution in [1.82, 2.24) is 0 Å². The molecule has 0 aliphatic rings. The molecular formula is C23H29NO6. The zero-order valence-corrected chi connectivity index (χ0v) is 17.4. The van der Waals surface area contributed by atoms with Gasteiger partial charge in [0.1, 0.15) is 0 Å². The number of ether oxygens (including phenoxy) is 3. The molecule has 2 atom stereocenters. The Morgan fingerprint density at radius 2 is 1.63 bits per heavy atom. The maximum Gasteiger partial charge on any atom is 0.511 e. The topological polar surface area (TPSA) is 108 Å². The van der Waals surface area contributed by atoms with Crippen LogP contribution in [0.4, 0.5) is 4.79 Å². The molecule has 0 aliphatic carbocycles. The SMILES string of the molecule is CCOC(=O)OCOC(=O)C(C)(CO)CC(N)Cc1ccc(-c2ccccc2)cc1. The molecule has 162 valence electrons. The van der Waals surface area contributed by atoms with E-state index in [1.54, 1.807) is 13.8 Å². The first-order chi connectivity index (χ1) is 14.4. The lowest BCUT2D eigenvalue weighted by atomic mass is 9.83. The first kappa shape index (κ1) is 23.4. The summed E-state index contributed by atoms with van der Waals surface area (Å²) in [5.41, 5.74) is 8.31. The Balaban J connectivity index is 1.89. The lowest BCUT2D eigenvalue weighted by Crippen LogP contribution is -2.40. The number of carbonyl (C=O) groups is 2. The number of carbonyl (C=O) groups excluding carboxylic acids is 2. The molecule has 0 fully saturated rings. The van der Waals surface area contributed by atoms with Gasteiger partial charge in [-0.05, 0) is 43.4 Å². The summed E-state index contributed by atoms with van der Waals surface area (Å²) in [7, 11) is 0. The van der Waals surface area contributed by atoms with E-state index in [0.717, 1.165) is 16.7 Å². The minimum Gasteiger partial charge on any atom is -0.435 e. The Kier molecular flexibility index (Phi) is 8.83. The van der Waals surface area contributed by atoms with Gasteiger partial charge in [0.05, 0.1) is 18.6 Å². The molecule has 0 spiro atoms. The molecule has 0 radical (unpaired) electrons. The molecule has 2 unspecified atom stereocenters. The lowest BCUT2D eigenvalue weighted by molar-refractivity contribution is -0.167. The molecule has 7 heteroatoms. The van der Waals surface area contributed by atoms with Crippen LogP contribution in [0, 0.1) is 5.41 Å². The van der Waals surface area contributed by atoms with Gasteiger partial charge in [0.2, 0.25) is 6.79 Å². The van der Waals surface area contributed by atoms with Gasteiger partial charge >= 0.3 is 12.1 Å². The van der Waals surface area contributed by atoms with Crippen molar-refractivity contribution in [3.63, 3.8) is 0 Å². The number of hydrogen-bond acceptors (Lipinski definition) is 7. The largest absolute Gasteiger partial charge is 0.511 e. The van der Waals surface area contributed by atoms with Crippen LogP contribution in [-0.2, 0) is 25.4 Å². The van der Waals surface area contributed by atoms with E-state index in [-0.39, 0.29) is 19.1 Å². The summed E-state index contributed by atoms with van der Waals surface area (Å²) in [5.74, 6) is -0.691. The third kappa shape index (κ3) is 6.86. The molecule has 0 saturated heterocycles. The van der Waals surface area contributed by atoms with Gasteiger partial charge in [-0.3, -0.25) is 4.79 Å². The second-order valence-corrected chi connectivity index (χ2v) is 7.33. The summed E-state index contributed by atoms with van der Waals surface area (Å²) in [6.07, 6.45) is -0.175. The zero-order chi connectivity index (χ0) is 22.0. The van der Waals surface area contributed by atoms with Gasteiger partial charge in [-0.2, -0.15) is 0 Å².